The van der Waals surface area contributed by atoms with E-state index in [1.165, 1.54) is 18.1 Å². The Labute approximate surface area is 179 Å². The second-order valence-electron chi connectivity index (χ2n) is 7.77. The standard InChI is InChI=1S/C25H31NO4/c1-3-29-24(28)23(20(2)27)30-19-18-26-16-14-25(15-17-26,21-10-6-4-7-11-21)22-12-8-5-9-13-22/h4-13,23H,3,14-19H2,1-2H3. The molecule has 0 bridgehead atoms. The van der Waals surface area contributed by atoms with E-state index in [1.54, 1.807) is 6.92 Å². The summed E-state index contributed by atoms with van der Waals surface area (Å²) in [5.41, 5.74) is 2.71. The van der Waals surface area contributed by atoms with Crippen molar-refractivity contribution in [2.45, 2.75) is 38.2 Å². The number of ether oxygens (including phenoxy) is 2. The van der Waals surface area contributed by atoms with Gasteiger partial charge in [-0.2, -0.15) is 0 Å². The molecule has 0 radical (unpaired) electrons. The molecular formula is C25H31NO4. The molecule has 0 spiro atoms. The summed E-state index contributed by atoms with van der Waals surface area (Å²) in [5.74, 6) is -0.921. The zero-order valence-corrected chi connectivity index (χ0v) is 17.9. The largest absolute Gasteiger partial charge is 0.464 e. The zero-order valence-electron chi connectivity index (χ0n) is 17.9. The van der Waals surface area contributed by atoms with E-state index in [1.807, 2.05) is 0 Å². The molecule has 1 atom stereocenters. The van der Waals surface area contributed by atoms with E-state index in [4.69, 9.17) is 9.47 Å². The summed E-state index contributed by atoms with van der Waals surface area (Å²) >= 11 is 0. The molecule has 2 aromatic rings. The van der Waals surface area contributed by atoms with Crippen molar-refractivity contribution in [3.05, 3.63) is 71.8 Å². The van der Waals surface area contributed by atoms with Crippen LogP contribution in [0.15, 0.2) is 60.7 Å². The number of esters is 1. The Balaban J connectivity index is 1.62. The second-order valence-corrected chi connectivity index (χ2v) is 7.77. The minimum Gasteiger partial charge on any atom is -0.464 e. The minimum atomic E-state index is -1.12. The van der Waals surface area contributed by atoms with Gasteiger partial charge in [-0.3, -0.25) is 4.79 Å². The SMILES string of the molecule is CCOC(=O)C(OCCN1CCC(c2ccccc2)(c2ccccc2)CC1)C(C)=O. The Morgan fingerprint density at radius 3 is 1.97 bits per heavy atom. The van der Waals surface area contributed by atoms with Gasteiger partial charge in [0.15, 0.2) is 5.78 Å². The highest BCUT2D eigenvalue weighted by atomic mass is 16.6. The second kappa shape index (κ2) is 10.5. The number of ketones is 1. The molecule has 5 heteroatoms. The Kier molecular flexibility index (Phi) is 7.77. The Bertz CT molecular complexity index is 772. The van der Waals surface area contributed by atoms with Gasteiger partial charge in [-0.15, -0.1) is 0 Å². The van der Waals surface area contributed by atoms with Crippen molar-refractivity contribution in [3.8, 4) is 0 Å². The monoisotopic (exact) mass is 409 g/mol. The van der Waals surface area contributed by atoms with Crippen molar-refractivity contribution >= 4 is 11.8 Å². The van der Waals surface area contributed by atoms with Gasteiger partial charge in [0, 0.05) is 12.0 Å². The summed E-state index contributed by atoms with van der Waals surface area (Å²) in [6, 6.07) is 21.5. The van der Waals surface area contributed by atoms with E-state index in [9.17, 15) is 9.59 Å². The molecule has 5 nitrogen and oxygen atoms in total. The van der Waals surface area contributed by atoms with E-state index in [0.717, 1.165) is 25.9 Å². The first-order valence-corrected chi connectivity index (χ1v) is 10.7. The van der Waals surface area contributed by atoms with Gasteiger partial charge in [-0.05, 0) is 50.9 Å². The number of Topliss-reactive ketones (excluding diaryl/α,β-unsaturated/α-hetero) is 1. The number of carbonyl (C=O) groups is 2. The molecule has 0 aromatic heterocycles. The number of nitrogens with zero attached hydrogens (tertiary/aromatic N) is 1. The fraction of sp³-hybridized carbons (Fsp3) is 0.440. The average Bonchev–Trinajstić information content (AvgIpc) is 2.78. The first kappa shape index (κ1) is 22.2. The number of hydrogen-bond acceptors (Lipinski definition) is 5. The number of carbonyl (C=O) groups excluding carboxylic acids is 2. The molecule has 0 N–H and O–H groups in total. The molecule has 0 aliphatic carbocycles. The summed E-state index contributed by atoms with van der Waals surface area (Å²) in [7, 11) is 0. The highest BCUT2D eigenvalue weighted by Gasteiger charge is 2.37. The Morgan fingerprint density at radius 2 is 1.50 bits per heavy atom. The molecule has 1 aliphatic rings. The Hall–Kier alpha value is -2.50. The van der Waals surface area contributed by atoms with Crippen LogP contribution in [0, 0.1) is 0 Å². The van der Waals surface area contributed by atoms with Crippen LogP contribution in [0.4, 0.5) is 0 Å². The van der Waals surface area contributed by atoms with E-state index in [0.29, 0.717) is 13.2 Å². The molecular weight excluding hydrogens is 378 g/mol. The molecule has 30 heavy (non-hydrogen) atoms. The number of piperidine rings is 1. The van der Waals surface area contributed by atoms with Crippen molar-refractivity contribution in [1.29, 1.82) is 0 Å². The molecule has 1 aliphatic heterocycles. The third-order valence-corrected chi connectivity index (χ3v) is 5.92. The van der Waals surface area contributed by atoms with Crippen LogP contribution in [0.1, 0.15) is 37.8 Å². The molecule has 0 amide bonds. The Morgan fingerprint density at radius 1 is 0.967 bits per heavy atom. The van der Waals surface area contributed by atoms with Gasteiger partial charge in [0.1, 0.15) is 0 Å². The fourth-order valence-corrected chi connectivity index (χ4v) is 4.29. The van der Waals surface area contributed by atoms with Gasteiger partial charge in [0.25, 0.3) is 0 Å². The van der Waals surface area contributed by atoms with Crippen LogP contribution in [0.2, 0.25) is 0 Å². The number of rotatable bonds is 9. The van der Waals surface area contributed by atoms with Gasteiger partial charge >= 0.3 is 5.97 Å². The highest BCUT2D eigenvalue weighted by molar-refractivity contribution is 6.00. The first-order chi connectivity index (χ1) is 14.6. The van der Waals surface area contributed by atoms with Gasteiger partial charge < -0.3 is 14.4 Å². The third kappa shape index (κ3) is 5.15. The lowest BCUT2D eigenvalue weighted by Crippen LogP contribution is -2.45. The van der Waals surface area contributed by atoms with Gasteiger partial charge in [-0.25, -0.2) is 4.79 Å². The summed E-state index contributed by atoms with van der Waals surface area (Å²) in [6.07, 6.45) is 0.895. The smallest absolute Gasteiger partial charge is 0.343 e. The number of likely N-dealkylation sites (tertiary alicyclic amines) is 1. The van der Waals surface area contributed by atoms with E-state index in [2.05, 4.69) is 65.6 Å². The van der Waals surface area contributed by atoms with E-state index < -0.39 is 12.1 Å². The fourth-order valence-electron chi connectivity index (χ4n) is 4.29. The quantitative estimate of drug-likeness (QED) is 0.468. The number of hydrogen-bond donors (Lipinski definition) is 0. The maximum absolute atomic E-state index is 11.9. The van der Waals surface area contributed by atoms with Crippen LogP contribution >= 0.6 is 0 Å². The lowest BCUT2D eigenvalue weighted by Gasteiger charge is -2.43. The molecule has 160 valence electrons. The topological polar surface area (TPSA) is 55.8 Å². The predicted octanol–water partition coefficient (Wildman–Crippen LogP) is 3.61. The van der Waals surface area contributed by atoms with Crippen LogP contribution in [-0.4, -0.2) is 55.6 Å². The third-order valence-electron chi connectivity index (χ3n) is 5.92. The van der Waals surface area contributed by atoms with Crippen LogP contribution in [0.3, 0.4) is 0 Å². The summed E-state index contributed by atoms with van der Waals surface area (Å²) in [5, 5.41) is 0. The van der Waals surface area contributed by atoms with Crippen molar-refractivity contribution in [2.24, 2.45) is 0 Å². The van der Waals surface area contributed by atoms with Crippen LogP contribution in [0.25, 0.3) is 0 Å². The first-order valence-electron chi connectivity index (χ1n) is 10.7. The maximum Gasteiger partial charge on any atom is 0.343 e. The highest BCUT2D eigenvalue weighted by Crippen LogP contribution is 2.41. The van der Waals surface area contributed by atoms with Crippen molar-refractivity contribution < 1.29 is 19.1 Å². The molecule has 3 rings (SSSR count). The van der Waals surface area contributed by atoms with Crippen LogP contribution < -0.4 is 0 Å². The van der Waals surface area contributed by atoms with Crippen LogP contribution in [0.5, 0.6) is 0 Å². The molecule has 0 saturated carbocycles. The lowest BCUT2D eigenvalue weighted by molar-refractivity contribution is -0.161. The summed E-state index contributed by atoms with van der Waals surface area (Å²) in [6.45, 7) is 6.18. The summed E-state index contributed by atoms with van der Waals surface area (Å²) in [4.78, 5) is 25.9. The average molecular weight is 410 g/mol. The number of benzene rings is 2. The van der Waals surface area contributed by atoms with Crippen molar-refractivity contribution in [2.75, 3.05) is 32.8 Å². The lowest BCUT2D eigenvalue weighted by atomic mass is 9.68. The zero-order chi connectivity index (χ0) is 21.4. The van der Waals surface area contributed by atoms with Gasteiger partial charge in [-0.1, -0.05) is 60.7 Å². The molecule has 1 fully saturated rings. The van der Waals surface area contributed by atoms with E-state index in [-0.39, 0.29) is 17.8 Å². The summed E-state index contributed by atoms with van der Waals surface area (Å²) < 4.78 is 10.5. The molecule has 1 heterocycles. The van der Waals surface area contributed by atoms with Gasteiger partial charge in [0.05, 0.1) is 13.2 Å². The molecule has 2 aromatic carbocycles. The maximum atomic E-state index is 11.9. The van der Waals surface area contributed by atoms with Crippen LogP contribution in [-0.2, 0) is 24.5 Å². The normalized spacial score (nSPS) is 17.3. The minimum absolute atomic E-state index is 0.00668. The molecule has 1 saturated heterocycles. The molecule has 1 unspecified atom stereocenters. The van der Waals surface area contributed by atoms with E-state index >= 15 is 0 Å². The van der Waals surface area contributed by atoms with Crippen molar-refractivity contribution in [1.82, 2.24) is 4.90 Å². The van der Waals surface area contributed by atoms with Gasteiger partial charge in [0.2, 0.25) is 6.10 Å². The predicted molar refractivity (Wildman–Crippen MR) is 116 cm³/mol. The van der Waals surface area contributed by atoms with Crippen molar-refractivity contribution in [3.63, 3.8) is 0 Å².